The summed E-state index contributed by atoms with van der Waals surface area (Å²) in [6.07, 6.45) is 0. The Morgan fingerprint density at radius 2 is 1.88 bits per heavy atom. The van der Waals surface area contributed by atoms with E-state index in [4.69, 9.17) is 0 Å². The predicted molar refractivity (Wildman–Crippen MR) is 37.2 cm³/mol. The molecule has 0 aromatic rings. The zero-order valence-corrected chi connectivity index (χ0v) is 5.18. The number of nitrogens with zero attached hydrogens (tertiary/aromatic N) is 1. The second-order valence-electron chi connectivity index (χ2n) is 1.98. The minimum atomic E-state index is 0.367. The molecule has 0 unspecified atom stereocenters. The molecule has 1 rings (SSSR count). The Hall–Kier alpha value is 0.0748. The lowest BCUT2D eigenvalue weighted by molar-refractivity contribution is 0.807. The Kier molecular flexibility index (Phi) is 1.99. The summed E-state index contributed by atoms with van der Waals surface area (Å²) in [6, 6.07) is 0. The van der Waals surface area contributed by atoms with Gasteiger partial charge in [0.05, 0.1) is 0 Å². The van der Waals surface area contributed by atoms with Crippen LogP contribution in [0.3, 0.4) is 0 Å². The fourth-order valence-electron chi connectivity index (χ4n) is 0.544. The summed E-state index contributed by atoms with van der Waals surface area (Å²) >= 11 is 0. The molecule has 2 radical (unpaired) electrons. The molecule has 0 spiro atoms. The van der Waals surface area contributed by atoms with E-state index in [0.29, 0.717) is 6.98 Å². The summed E-state index contributed by atoms with van der Waals surface area (Å²) in [6.45, 7) is 2.42. The van der Waals surface area contributed by atoms with Gasteiger partial charge in [-0.2, -0.15) is 0 Å². The zero-order chi connectivity index (χ0) is 5.98. The first-order chi connectivity index (χ1) is 3.79. The molecule has 1 aliphatic heterocycles. The van der Waals surface area contributed by atoms with E-state index in [1.165, 1.54) is 0 Å². The molecule has 1 aliphatic rings. The van der Waals surface area contributed by atoms with Crippen LogP contribution < -0.4 is 10.3 Å². The molecule has 1 heterocycles. The maximum absolute atomic E-state index is 3.09. The topological polar surface area (TPSA) is 27.3 Å². The van der Waals surface area contributed by atoms with E-state index in [1.54, 1.807) is 0 Å². The lowest BCUT2D eigenvalue weighted by Crippen LogP contribution is -2.62. The van der Waals surface area contributed by atoms with Gasteiger partial charge >= 0.3 is 0 Å². The lowest BCUT2D eigenvalue weighted by atomic mass is 9.67. The summed E-state index contributed by atoms with van der Waals surface area (Å²) in [5.41, 5.74) is 0. The third-order valence-electron chi connectivity index (χ3n) is 1.06. The first-order valence-electron chi connectivity index (χ1n) is 2.70. The van der Waals surface area contributed by atoms with Crippen LogP contribution >= 0.6 is 0 Å². The van der Waals surface area contributed by atoms with Gasteiger partial charge in [0, 0.05) is 0 Å². The second-order valence-corrected chi connectivity index (χ2v) is 1.98. The molecule has 3 nitrogen and oxygen atoms in total. The van der Waals surface area contributed by atoms with Crippen LogP contribution in [0.4, 0.5) is 0 Å². The van der Waals surface area contributed by atoms with Gasteiger partial charge in [-0.05, 0) is 7.05 Å². The summed E-state index contributed by atoms with van der Waals surface area (Å²) in [4.78, 5) is 0. The van der Waals surface area contributed by atoms with Gasteiger partial charge in [0.15, 0.2) is 0 Å². The van der Waals surface area contributed by atoms with Crippen LogP contribution in [0, 0.1) is 0 Å². The van der Waals surface area contributed by atoms with Crippen LogP contribution in [-0.4, -0.2) is 33.9 Å². The molecule has 0 atom stereocenters. The molecule has 40 valence electrons. The number of nitrogens with one attached hydrogen (secondary N) is 2. The van der Waals surface area contributed by atoms with Crippen molar-refractivity contribution in [1.29, 1.82) is 0 Å². The average Bonchev–Trinajstić information content (AvgIpc) is 1.77. The summed E-state index contributed by atoms with van der Waals surface area (Å²) in [5.74, 6) is 0. The van der Waals surface area contributed by atoms with Crippen molar-refractivity contribution in [3.63, 3.8) is 0 Å². The highest BCUT2D eigenvalue weighted by Gasteiger charge is 2.16. The molecule has 1 fully saturated rings. The molecule has 0 aromatic carbocycles. The van der Waals surface area contributed by atoms with Crippen LogP contribution in [0.2, 0.25) is 6.82 Å². The SMILES string of the molecule is CB1N[B]N(C)[B]N1. The van der Waals surface area contributed by atoms with Gasteiger partial charge in [-0.1, -0.05) is 6.82 Å². The minimum absolute atomic E-state index is 0.367. The molecule has 6 heteroatoms. The fraction of sp³-hybridized carbons (Fsp3) is 1.00. The Bertz CT molecular complexity index is 60.9. The summed E-state index contributed by atoms with van der Waals surface area (Å²) in [7, 11) is 5.80. The second kappa shape index (κ2) is 2.57. The van der Waals surface area contributed by atoms with Crippen molar-refractivity contribution in [2.75, 3.05) is 7.05 Å². The Balaban J connectivity index is 2.19. The van der Waals surface area contributed by atoms with E-state index >= 15 is 0 Å². The fourth-order valence-corrected chi connectivity index (χ4v) is 0.544. The number of rotatable bonds is 0. The van der Waals surface area contributed by atoms with E-state index in [9.17, 15) is 0 Å². The Morgan fingerprint density at radius 1 is 1.38 bits per heavy atom. The summed E-state index contributed by atoms with van der Waals surface area (Å²) in [5, 5.41) is 6.18. The van der Waals surface area contributed by atoms with Crippen LogP contribution in [0.1, 0.15) is 0 Å². The molecule has 2 N–H and O–H groups in total. The van der Waals surface area contributed by atoms with Crippen molar-refractivity contribution >= 4 is 22.1 Å². The van der Waals surface area contributed by atoms with Gasteiger partial charge < -0.3 is 15.0 Å². The maximum atomic E-state index is 3.09. The van der Waals surface area contributed by atoms with Gasteiger partial charge in [-0.25, -0.2) is 0 Å². The number of hydrogen-bond acceptors (Lipinski definition) is 3. The largest absolute Gasteiger partial charge is 0.375 e. The quantitative estimate of drug-likeness (QED) is 0.361. The minimum Gasteiger partial charge on any atom is -0.375 e. The van der Waals surface area contributed by atoms with Crippen molar-refractivity contribution in [2.24, 2.45) is 0 Å². The van der Waals surface area contributed by atoms with Gasteiger partial charge in [-0.3, -0.25) is 0 Å². The molecule has 0 saturated carbocycles. The van der Waals surface area contributed by atoms with E-state index < -0.39 is 0 Å². The molecule has 0 amide bonds. The van der Waals surface area contributed by atoms with Gasteiger partial charge in [0.1, 0.15) is 0 Å². The van der Waals surface area contributed by atoms with Crippen molar-refractivity contribution in [2.45, 2.75) is 6.82 Å². The third-order valence-corrected chi connectivity index (χ3v) is 1.06. The molecular formula is C2H8B3N3. The van der Waals surface area contributed by atoms with Gasteiger partial charge in [0.2, 0.25) is 0 Å². The third kappa shape index (κ3) is 1.54. The van der Waals surface area contributed by atoms with Crippen LogP contribution in [-0.2, 0) is 0 Å². The smallest absolute Gasteiger partial charge is 0.287 e. The molecule has 0 aliphatic carbocycles. The maximum Gasteiger partial charge on any atom is 0.287 e. The molecule has 8 heavy (non-hydrogen) atoms. The van der Waals surface area contributed by atoms with E-state index in [2.05, 4.69) is 17.1 Å². The standard InChI is InChI=1S/C2H8B3N3/c1-5-6-3-8(2)4-7-5/h6-7H,1-2H3. The predicted octanol–water partition coefficient (Wildman–Crippen LogP) is -1.70. The highest BCUT2D eigenvalue weighted by atomic mass is 15.1. The van der Waals surface area contributed by atoms with E-state index in [0.717, 1.165) is 0 Å². The van der Waals surface area contributed by atoms with Crippen molar-refractivity contribution in [3.05, 3.63) is 0 Å². The van der Waals surface area contributed by atoms with Crippen molar-refractivity contribution < 1.29 is 0 Å². The van der Waals surface area contributed by atoms with E-state index in [-0.39, 0.29) is 0 Å². The number of hydrogen-bond donors (Lipinski definition) is 2. The van der Waals surface area contributed by atoms with Crippen LogP contribution in [0.5, 0.6) is 0 Å². The Labute approximate surface area is 51.9 Å². The Morgan fingerprint density at radius 3 is 2.25 bits per heavy atom. The van der Waals surface area contributed by atoms with Gasteiger partial charge in [0.25, 0.3) is 22.1 Å². The van der Waals surface area contributed by atoms with Crippen LogP contribution in [0.15, 0.2) is 0 Å². The molecular weight excluding hydrogens is 98.5 g/mol. The molecule has 0 bridgehead atoms. The molecule has 0 aromatic heterocycles. The van der Waals surface area contributed by atoms with Crippen LogP contribution in [0.25, 0.3) is 0 Å². The average molecular weight is 107 g/mol. The van der Waals surface area contributed by atoms with Gasteiger partial charge in [-0.15, -0.1) is 0 Å². The van der Waals surface area contributed by atoms with Crippen molar-refractivity contribution in [1.82, 2.24) is 15.0 Å². The van der Waals surface area contributed by atoms with Crippen molar-refractivity contribution in [3.8, 4) is 0 Å². The normalized spacial score (nSPS) is 22.0. The lowest BCUT2D eigenvalue weighted by Gasteiger charge is -2.24. The highest BCUT2D eigenvalue weighted by molar-refractivity contribution is 6.74. The summed E-state index contributed by atoms with van der Waals surface area (Å²) < 4.78 is 1.93. The first kappa shape index (κ1) is 6.20. The van der Waals surface area contributed by atoms with E-state index in [1.807, 2.05) is 26.9 Å². The zero-order valence-electron chi connectivity index (χ0n) is 5.18. The molecule has 1 saturated heterocycles. The monoisotopic (exact) mass is 107 g/mol. The first-order valence-corrected chi connectivity index (χ1v) is 2.70. The highest BCUT2D eigenvalue weighted by Crippen LogP contribution is 1.77.